The Morgan fingerprint density at radius 2 is 1.64 bits per heavy atom. The van der Waals surface area contributed by atoms with E-state index in [0.717, 1.165) is 28.7 Å². The van der Waals surface area contributed by atoms with Crippen molar-refractivity contribution in [2.24, 2.45) is 5.73 Å². The first-order valence-electron chi connectivity index (χ1n) is 21.3. The number of rotatable bonds is 18. The van der Waals surface area contributed by atoms with Gasteiger partial charge in [-0.25, -0.2) is 24.6 Å². The number of carbonyl (C=O) groups is 3. The highest BCUT2D eigenvalue weighted by Gasteiger charge is 2.25. The predicted molar refractivity (Wildman–Crippen MR) is 237 cm³/mol. The van der Waals surface area contributed by atoms with Gasteiger partial charge in [-0.2, -0.15) is 10.1 Å². The molecule has 0 bridgehead atoms. The molecule has 21 nitrogen and oxygen atoms in total. The number of piperazine rings is 1. The second-order valence-electron chi connectivity index (χ2n) is 15.8. The minimum Gasteiger partial charge on any atom is -0.424 e. The van der Waals surface area contributed by atoms with Crippen LogP contribution in [0.15, 0.2) is 59.5 Å². The maximum Gasteiger partial charge on any atom is 0.292 e. The van der Waals surface area contributed by atoms with Gasteiger partial charge in [0.2, 0.25) is 23.7 Å². The summed E-state index contributed by atoms with van der Waals surface area (Å²) in [6.07, 6.45) is 5.88. The fourth-order valence-electron chi connectivity index (χ4n) is 7.89. The first-order chi connectivity index (χ1) is 31.1. The number of oxazole rings is 1. The Morgan fingerprint density at radius 1 is 0.844 bits per heavy atom. The van der Waals surface area contributed by atoms with Gasteiger partial charge in [0, 0.05) is 75.9 Å². The van der Waals surface area contributed by atoms with Crippen LogP contribution in [-0.4, -0.2) is 153 Å². The SMILES string of the molecule is CN(CC(=O)NCCOCCOCCC(=O)N1CCc2cc(Cn3nc(-c4ccc5oc(N)nc5c4)c4c(N)ncnc43)ccc2C1)CC(=O)N1CCN(c2ncc(CN)cn2)CC1. The van der Waals surface area contributed by atoms with Crippen LogP contribution in [-0.2, 0) is 49.9 Å². The van der Waals surface area contributed by atoms with Gasteiger partial charge in [-0.1, -0.05) is 18.2 Å². The van der Waals surface area contributed by atoms with Gasteiger partial charge in [0.15, 0.2) is 11.2 Å². The summed E-state index contributed by atoms with van der Waals surface area (Å²) in [4.78, 5) is 67.5. The smallest absolute Gasteiger partial charge is 0.292 e. The van der Waals surface area contributed by atoms with E-state index in [1.165, 1.54) is 11.9 Å². The fraction of sp³-hybridized carbons (Fsp3) is 0.419. The van der Waals surface area contributed by atoms with Crippen molar-refractivity contribution >= 4 is 57.6 Å². The summed E-state index contributed by atoms with van der Waals surface area (Å²) >= 11 is 0. The number of anilines is 3. The molecule has 4 aromatic heterocycles. The highest BCUT2D eigenvalue weighted by atomic mass is 16.5. The summed E-state index contributed by atoms with van der Waals surface area (Å²) in [7, 11) is 1.75. The lowest BCUT2D eigenvalue weighted by molar-refractivity contribution is -0.134. The van der Waals surface area contributed by atoms with Crippen molar-refractivity contribution in [1.29, 1.82) is 0 Å². The van der Waals surface area contributed by atoms with E-state index in [1.807, 2.05) is 26.6 Å². The van der Waals surface area contributed by atoms with Gasteiger partial charge >= 0.3 is 0 Å². The number of nitrogen functional groups attached to an aromatic ring is 2. The van der Waals surface area contributed by atoms with Crippen LogP contribution < -0.4 is 27.4 Å². The second-order valence-corrected chi connectivity index (χ2v) is 15.8. The van der Waals surface area contributed by atoms with Gasteiger partial charge in [-0.15, -0.1) is 0 Å². The van der Waals surface area contributed by atoms with Crippen LogP contribution in [0.5, 0.6) is 0 Å². The third-order valence-electron chi connectivity index (χ3n) is 11.3. The largest absolute Gasteiger partial charge is 0.424 e. The Kier molecular flexibility index (Phi) is 13.8. The lowest BCUT2D eigenvalue weighted by Gasteiger charge is -2.35. The van der Waals surface area contributed by atoms with Crippen molar-refractivity contribution < 1.29 is 28.3 Å². The number of nitrogens with two attached hydrogens (primary N) is 3. The summed E-state index contributed by atoms with van der Waals surface area (Å²) in [5.74, 6) is 0.769. The normalized spacial score (nSPS) is 14.1. The highest BCUT2D eigenvalue weighted by molar-refractivity contribution is 5.99. The first-order valence-corrected chi connectivity index (χ1v) is 21.3. The molecule has 7 N–H and O–H groups in total. The van der Waals surface area contributed by atoms with E-state index >= 15 is 0 Å². The minimum absolute atomic E-state index is 0.0302. The summed E-state index contributed by atoms with van der Waals surface area (Å²) in [5.41, 5.74) is 25.2. The molecule has 0 atom stereocenters. The zero-order valence-corrected chi connectivity index (χ0v) is 35.8. The summed E-state index contributed by atoms with van der Waals surface area (Å²) in [6, 6.07) is 11.9. The molecule has 6 aromatic rings. The number of aromatic nitrogens is 7. The van der Waals surface area contributed by atoms with Crippen LogP contribution >= 0.6 is 0 Å². The van der Waals surface area contributed by atoms with E-state index in [0.29, 0.717) is 118 Å². The molecule has 2 aliphatic heterocycles. The number of hydrogen-bond donors (Lipinski definition) is 4. The van der Waals surface area contributed by atoms with Crippen LogP contribution in [0.1, 0.15) is 28.7 Å². The minimum atomic E-state index is -0.193. The number of carbonyl (C=O) groups excluding carboxylic acids is 3. The van der Waals surface area contributed by atoms with Gasteiger partial charge in [-0.3, -0.25) is 19.3 Å². The third kappa shape index (κ3) is 10.5. The van der Waals surface area contributed by atoms with Crippen LogP contribution in [0.2, 0.25) is 0 Å². The zero-order chi connectivity index (χ0) is 44.6. The number of amides is 3. The van der Waals surface area contributed by atoms with E-state index in [-0.39, 0.29) is 49.9 Å². The van der Waals surface area contributed by atoms with Crippen molar-refractivity contribution in [1.82, 2.24) is 54.7 Å². The van der Waals surface area contributed by atoms with Crippen LogP contribution in [0.25, 0.3) is 33.4 Å². The molecule has 0 radical (unpaired) electrons. The Balaban J connectivity index is 0.697. The number of nitrogens with zero attached hydrogens (tertiary/aromatic N) is 11. The van der Waals surface area contributed by atoms with Crippen molar-refractivity contribution in [3.05, 3.63) is 77.4 Å². The van der Waals surface area contributed by atoms with E-state index in [4.69, 9.17) is 36.2 Å². The maximum atomic E-state index is 13.1. The van der Waals surface area contributed by atoms with Gasteiger partial charge in [0.05, 0.1) is 57.9 Å². The monoisotopic (exact) mass is 875 g/mol. The summed E-state index contributed by atoms with van der Waals surface area (Å²) in [5, 5.41) is 8.40. The zero-order valence-electron chi connectivity index (χ0n) is 35.8. The molecule has 3 amide bonds. The fourth-order valence-corrected chi connectivity index (χ4v) is 7.89. The Hall–Kier alpha value is -6.81. The van der Waals surface area contributed by atoms with Gasteiger partial charge < -0.3 is 51.1 Å². The molecule has 2 aromatic carbocycles. The molecule has 2 aliphatic rings. The molecule has 1 saturated heterocycles. The number of likely N-dealkylation sites (N-methyl/N-ethyl adjacent to an activating group) is 1. The Labute approximate surface area is 368 Å². The molecule has 1 fully saturated rings. The molecular weight excluding hydrogens is 823 g/mol. The van der Waals surface area contributed by atoms with Crippen molar-refractivity contribution in [3.63, 3.8) is 0 Å². The van der Waals surface area contributed by atoms with Crippen LogP contribution in [0.4, 0.5) is 17.8 Å². The number of ether oxygens (including phenoxy) is 2. The molecule has 8 rings (SSSR count). The number of fused-ring (bicyclic) bond motifs is 3. The molecule has 21 heteroatoms. The van der Waals surface area contributed by atoms with Crippen LogP contribution in [0.3, 0.4) is 0 Å². The highest BCUT2D eigenvalue weighted by Crippen LogP contribution is 2.33. The summed E-state index contributed by atoms with van der Waals surface area (Å²) < 4.78 is 18.5. The molecule has 0 aliphatic carbocycles. The lowest BCUT2D eigenvalue weighted by atomic mass is 9.97. The lowest BCUT2D eigenvalue weighted by Crippen LogP contribution is -2.52. The van der Waals surface area contributed by atoms with Crippen molar-refractivity contribution in [3.8, 4) is 11.3 Å². The van der Waals surface area contributed by atoms with Crippen LogP contribution in [0, 0.1) is 0 Å². The van der Waals surface area contributed by atoms with Gasteiger partial charge in [0.25, 0.3) is 6.01 Å². The first kappa shape index (κ1) is 43.8. The molecule has 0 spiro atoms. The summed E-state index contributed by atoms with van der Waals surface area (Å²) in [6.45, 7) is 6.19. The van der Waals surface area contributed by atoms with E-state index in [2.05, 4.69) is 48.4 Å². The predicted octanol–water partition coefficient (Wildman–Crippen LogP) is 0.801. The quantitative estimate of drug-likeness (QED) is 0.0870. The number of benzene rings is 2. The maximum absolute atomic E-state index is 13.1. The second kappa shape index (κ2) is 20.1. The number of hydrogen-bond acceptors (Lipinski definition) is 17. The van der Waals surface area contributed by atoms with E-state index in [1.54, 1.807) is 35.3 Å². The van der Waals surface area contributed by atoms with Gasteiger partial charge in [-0.05, 0) is 48.4 Å². The van der Waals surface area contributed by atoms with E-state index in [9.17, 15) is 14.4 Å². The van der Waals surface area contributed by atoms with Crippen molar-refractivity contribution in [2.45, 2.75) is 32.5 Å². The topological polar surface area (TPSA) is 268 Å². The molecule has 6 heterocycles. The molecule has 0 saturated carbocycles. The van der Waals surface area contributed by atoms with Gasteiger partial charge in [0.1, 0.15) is 23.4 Å². The Morgan fingerprint density at radius 3 is 2.44 bits per heavy atom. The van der Waals surface area contributed by atoms with Crippen molar-refractivity contribution in [2.75, 3.05) is 102 Å². The Bertz CT molecular complexity index is 2590. The molecular formula is C43H53N15O6. The molecule has 336 valence electrons. The standard InChI is InChI=1S/C43H53N15O6/c1-54(26-37(61)55-10-12-56(13-11-55)43-48-21-29(20-44)22-49-43)25-35(59)47-8-15-63-17-16-62-14-7-36(60)57-9-6-30-18-28(2-3-32(30)24-57)23-58-41-38(40(45)50-27-51-41)39(53-58)31-4-5-34-33(19-31)52-42(46)64-34/h2-5,18-19,21-22,27H,6-17,20,23-26,44H2,1H3,(H2,46,52)(H,47,59)(H2,45,50,51). The average Bonchev–Trinajstić information content (AvgIpc) is 3.87. The third-order valence-corrected chi connectivity index (χ3v) is 11.3. The number of nitrogens with one attached hydrogen (secondary N) is 1. The van der Waals surface area contributed by atoms with E-state index < -0.39 is 0 Å². The average molecular weight is 876 g/mol. The molecule has 0 unspecified atom stereocenters. The molecule has 64 heavy (non-hydrogen) atoms.